The maximum atomic E-state index is 13.4. The van der Waals surface area contributed by atoms with Gasteiger partial charge in [-0.1, -0.05) is 32.1 Å². The van der Waals surface area contributed by atoms with Crippen LogP contribution >= 0.6 is 12.2 Å². The Kier molecular flexibility index (Phi) is 4.03. The van der Waals surface area contributed by atoms with Crippen LogP contribution < -0.4 is 11.1 Å². The van der Waals surface area contributed by atoms with Gasteiger partial charge in [-0.3, -0.25) is 0 Å². The van der Waals surface area contributed by atoms with Crippen LogP contribution in [0.2, 0.25) is 0 Å². The van der Waals surface area contributed by atoms with Gasteiger partial charge in [0, 0.05) is 12.2 Å². The molecule has 1 aromatic rings. The van der Waals surface area contributed by atoms with Gasteiger partial charge in [0.1, 0.15) is 10.8 Å². The van der Waals surface area contributed by atoms with Crippen molar-refractivity contribution in [3.63, 3.8) is 0 Å². The van der Waals surface area contributed by atoms with Crippen molar-refractivity contribution >= 4 is 22.9 Å². The molecule has 0 aliphatic carbocycles. The zero-order chi connectivity index (χ0) is 11.4. The molecule has 1 rings (SSSR count). The van der Waals surface area contributed by atoms with Gasteiger partial charge in [-0.2, -0.15) is 0 Å². The van der Waals surface area contributed by atoms with Crippen LogP contribution in [0.3, 0.4) is 0 Å². The third-order valence-corrected chi connectivity index (χ3v) is 2.16. The lowest BCUT2D eigenvalue weighted by Gasteiger charge is -2.13. The summed E-state index contributed by atoms with van der Waals surface area (Å²) >= 11 is 4.81. The SMILES string of the molecule is CC(C)CNc1cccc(F)c1C(N)=S. The van der Waals surface area contributed by atoms with Crippen LogP contribution in [0.5, 0.6) is 0 Å². The van der Waals surface area contributed by atoms with Crippen LogP contribution in [0.1, 0.15) is 19.4 Å². The van der Waals surface area contributed by atoms with Gasteiger partial charge in [-0.25, -0.2) is 4.39 Å². The Morgan fingerprint density at radius 1 is 1.53 bits per heavy atom. The lowest BCUT2D eigenvalue weighted by atomic mass is 10.1. The molecule has 0 aliphatic rings. The standard InChI is InChI=1S/C11H15FN2S/c1-7(2)6-14-9-5-3-4-8(12)10(9)11(13)15/h3-5,7,14H,6H2,1-2H3,(H2,13,15). The van der Waals surface area contributed by atoms with Crippen molar-refractivity contribution in [2.75, 3.05) is 11.9 Å². The molecule has 0 amide bonds. The van der Waals surface area contributed by atoms with E-state index in [1.165, 1.54) is 6.07 Å². The maximum absolute atomic E-state index is 13.4. The van der Waals surface area contributed by atoms with Crippen LogP contribution in [-0.2, 0) is 0 Å². The Hall–Kier alpha value is -1.16. The Bertz CT molecular complexity index is 364. The first-order chi connectivity index (χ1) is 7.02. The molecule has 15 heavy (non-hydrogen) atoms. The molecule has 4 heteroatoms. The Morgan fingerprint density at radius 2 is 2.20 bits per heavy atom. The highest BCUT2D eigenvalue weighted by atomic mass is 32.1. The fourth-order valence-corrected chi connectivity index (χ4v) is 1.44. The lowest BCUT2D eigenvalue weighted by molar-refractivity contribution is 0.625. The number of halogens is 1. The second-order valence-corrected chi connectivity index (χ2v) is 4.24. The van der Waals surface area contributed by atoms with Crippen molar-refractivity contribution in [1.82, 2.24) is 0 Å². The number of anilines is 1. The summed E-state index contributed by atoms with van der Waals surface area (Å²) < 4.78 is 13.4. The van der Waals surface area contributed by atoms with E-state index in [9.17, 15) is 4.39 Å². The van der Waals surface area contributed by atoms with Crippen molar-refractivity contribution in [3.05, 3.63) is 29.6 Å². The molecule has 0 spiro atoms. The summed E-state index contributed by atoms with van der Waals surface area (Å²) in [6.45, 7) is 4.92. The number of thiocarbonyl (C=S) groups is 1. The van der Waals surface area contributed by atoms with Crippen LogP contribution in [0.4, 0.5) is 10.1 Å². The molecule has 0 unspecified atom stereocenters. The number of benzene rings is 1. The van der Waals surface area contributed by atoms with Crippen LogP contribution in [-0.4, -0.2) is 11.5 Å². The van der Waals surface area contributed by atoms with E-state index < -0.39 is 0 Å². The molecule has 0 fully saturated rings. The largest absolute Gasteiger partial charge is 0.389 e. The monoisotopic (exact) mass is 226 g/mol. The van der Waals surface area contributed by atoms with Crippen LogP contribution in [0.15, 0.2) is 18.2 Å². The minimum absolute atomic E-state index is 0.0827. The summed E-state index contributed by atoms with van der Waals surface area (Å²) in [5, 5.41) is 3.13. The van der Waals surface area contributed by atoms with Gasteiger partial charge < -0.3 is 11.1 Å². The molecule has 0 saturated carbocycles. The lowest BCUT2D eigenvalue weighted by Crippen LogP contribution is -2.17. The molecule has 0 bridgehead atoms. The molecule has 0 radical (unpaired) electrons. The fraction of sp³-hybridized carbons (Fsp3) is 0.364. The van der Waals surface area contributed by atoms with E-state index in [1.54, 1.807) is 12.1 Å². The normalized spacial score (nSPS) is 10.4. The van der Waals surface area contributed by atoms with E-state index in [-0.39, 0.29) is 10.8 Å². The molecule has 0 saturated heterocycles. The second-order valence-electron chi connectivity index (χ2n) is 3.80. The van der Waals surface area contributed by atoms with Crippen LogP contribution in [0.25, 0.3) is 0 Å². The number of hydrogen-bond donors (Lipinski definition) is 2. The van der Waals surface area contributed by atoms with Crippen molar-refractivity contribution in [2.45, 2.75) is 13.8 Å². The first kappa shape index (κ1) is 11.9. The van der Waals surface area contributed by atoms with Gasteiger partial charge in [-0.05, 0) is 18.1 Å². The molecule has 3 N–H and O–H groups in total. The van der Waals surface area contributed by atoms with Gasteiger partial charge in [0.2, 0.25) is 0 Å². The first-order valence-corrected chi connectivity index (χ1v) is 5.25. The van der Waals surface area contributed by atoms with E-state index in [4.69, 9.17) is 18.0 Å². The van der Waals surface area contributed by atoms with Crippen molar-refractivity contribution in [2.24, 2.45) is 11.7 Å². The highest BCUT2D eigenvalue weighted by Crippen LogP contribution is 2.19. The summed E-state index contributed by atoms with van der Waals surface area (Å²) in [5.74, 6) is 0.101. The Morgan fingerprint density at radius 3 is 2.73 bits per heavy atom. The molecule has 82 valence electrons. The van der Waals surface area contributed by atoms with Crippen molar-refractivity contribution in [3.8, 4) is 0 Å². The van der Waals surface area contributed by atoms with Crippen molar-refractivity contribution < 1.29 is 4.39 Å². The third kappa shape index (κ3) is 3.16. The van der Waals surface area contributed by atoms with Crippen LogP contribution in [0, 0.1) is 11.7 Å². The van der Waals surface area contributed by atoms with E-state index in [0.717, 1.165) is 6.54 Å². The predicted molar refractivity (Wildman–Crippen MR) is 65.6 cm³/mol. The maximum Gasteiger partial charge on any atom is 0.135 e. The molecule has 0 heterocycles. The highest BCUT2D eigenvalue weighted by Gasteiger charge is 2.10. The van der Waals surface area contributed by atoms with E-state index in [1.807, 2.05) is 0 Å². The average Bonchev–Trinajstić information content (AvgIpc) is 2.13. The van der Waals surface area contributed by atoms with Gasteiger partial charge in [0.25, 0.3) is 0 Å². The molecule has 0 aliphatic heterocycles. The molecular weight excluding hydrogens is 211 g/mol. The molecular formula is C11H15FN2S. The molecule has 0 aromatic heterocycles. The Labute approximate surface area is 94.7 Å². The van der Waals surface area contributed by atoms with Gasteiger partial charge >= 0.3 is 0 Å². The summed E-state index contributed by atoms with van der Waals surface area (Å²) in [6.07, 6.45) is 0. The van der Waals surface area contributed by atoms with E-state index >= 15 is 0 Å². The topological polar surface area (TPSA) is 38.0 Å². The van der Waals surface area contributed by atoms with Crippen molar-refractivity contribution in [1.29, 1.82) is 0 Å². The minimum Gasteiger partial charge on any atom is -0.389 e. The molecule has 1 aromatic carbocycles. The average molecular weight is 226 g/mol. The summed E-state index contributed by atoms with van der Waals surface area (Å²) in [4.78, 5) is 0.0827. The highest BCUT2D eigenvalue weighted by molar-refractivity contribution is 7.80. The number of rotatable bonds is 4. The van der Waals surface area contributed by atoms with E-state index in [0.29, 0.717) is 17.2 Å². The second kappa shape index (κ2) is 5.07. The summed E-state index contributed by atoms with van der Waals surface area (Å²) in [6, 6.07) is 4.77. The van der Waals surface area contributed by atoms with Gasteiger partial charge in [-0.15, -0.1) is 0 Å². The third-order valence-electron chi connectivity index (χ3n) is 1.96. The Balaban J connectivity index is 2.96. The molecule has 2 nitrogen and oxygen atoms in total. The number of nitrogens with two attached hydrogens (primary N) is 1. The first-order valence-electron chi connectivity index (χ1n) is 4.84. The zero-order valence-electron chi connectivity index (χ0n) is 8.88. The quantitative estimate of drug-likeness (QED) is 0.775. The van der Waals surface area contributed by atoms with Gasteiger partial charge in [0.05, 0.1) is 5.56 Å². The smallest absolute Gasteiger partial charge is 0.135 e. The fourth-order valence-electron chi connectivity index (χ4n) is 1.24. The summed E-state index contributed by atoms with van der Waals surface area (Å²) in [5.41, 5.74) is 6.44. The van der Waals surface area contributed by atoms with E-state index in [2.05, 4.69) is 19.2 Å². The number of nitrogens with one attached hydrogen (secondary N) is 1. The zero-order valence-corrected chi connectivity index (χ0v) is 9.70. The summed E-state index contributed by atoms with van der Waals surface area (Å²) in [7, 11) is 0. The van der Waals surface area contributed by atoms with Gasteiger partial charge in [0.15, 0.2) is 0 Å². The number of hydrogen-bond acceptors (Lipinski definition) is 2. The minimum atomic E-state index is -0.378. The molecule has 0 atom stereocenters. The predicted octanol–water partition coefficient (Wildman–Crippen LogP) is 2.53.